The van der Waals surface area contributed by atoms with Crippen molar-refractivity contribution in [3.63, 3.8) is 0 Å². The second kappa shape index (κ2) is 6.38. The van der Waals surface area contributed by atoms with Gasteiger partial charge in [-0.25, -0.2) is 0 Å². The van der Waals surface area contributed by atoms with E-state index in [1.54, 1.807) is 0 Å². The summed E-state index contributed by atoms with van der Waals surface area (Å²) in [5.74, 6) is 1.60. The van der Waals surface area contributed by atoms with Crippen LogP contribution in [-0.2, 0) is 6.42 Å². The summed E-state index contributed by atoms with van der Waals surface area (Å²) < 4.78 is 0. The fourth-order valence-electron chi connectivity index (χ4n) is 3.11. The van der Waals surface area contributed by atoms with Gasteiger partial charge in [-0.2, -0.15) is 0 Å². The average molecular weight is 245 g/mol. The van der Waals surface area contributed by atoms with Crippen LogP contribution in [0.5, 0.6) is 0 Å². The quantitative estimate of drug-likeness (QED) is 0.814. The molecule has 0 saturated heterocycles. The monoisotopic (exact) mass is 245 g/mol. The molecule has 1 aliphatic carbocycles. The summed E-state index contributed by atoms with van der Waals surface area (Å²) >= 11 is 0. The minimum Gasteiger partial charge on any atom is -0.324 e. The lowest BCUT2D eigenvalue weighted by molar-refractivity contribution is 0.451. The first-order chi connectivity index (χ1) is 8.65. The van der Waals surface area contributed by atoms with Crippen LogP contribution in [0.4, 0.5) is 0 Å². The molecule has 0 heterocycles. The van der Waals surface area contributed by atoms with E-state index in [4.69, 9.17) is 5.73 Å². The molecule has 1 unspecified atom stereocenters. The molecule has 0 bridgehead atoms. The molecule has 1 aromatic carbocycles. The number of hydrogen-bond donors (Lipinski definition) is 1. The molecule has 1 aliphatic rings. The largest absolute Gasteiger partial charge is 0.324 e. The van der Waals surface area contributed by atoms with Crippen molar-refractivity contribution in [3.05, 3.63) is 35.4 Å². The molecule has 0 radical (unpaired) electrons. The van der Waals surface area contributed by atoms with Crippen LogP contribution in [0.15, 0.2) is 24.3 Å². The molecule has 2 rings (SSSR count). The van der Waals surface area contributed by atoms with Gasteiger partial charge in [0.1, 0.15) is 0 Å². The van der Waals surface area contributed by atoms with Gasteiger partial charge in [0.25, 0.3) is 0 Å². The van der Waals surface area contributed by atoms with Crippen molar-refractivity contribution in [2.24, 2.45) is 17.6 Å². The molecule has 2 N–H and O–H groups in total. The minimum atomic E-state index is 0.237. The van der Waals surface area contributed by atoms with Crippen LogP contribution >= 0.6 is 0 Å². The maximum atomic E-state index is 6.33. The van der Waals surface area contributed by atoms with E-state index in [9.17, 15) is 0 Å². The van der Waals surface area contributed by atoms with Crippen LogP contribution in [0.3, 0.4) is 0 Å². The van der Waals surface area contributed by atoms with Crippen molar-refractivity contribution in [1.82, 2.24) is 0 Å². The second-order valence-electron chi connectivity index (χ2n) is 6.33. The highest BCUT2D eigenvalue weighted by molar-refractivity contribution is 5.25. The Morgan fingerprint density at radius 3 is 2.28 bits per heavy atom. The topological polar surface area (TPSA) is 26.0 Å². The molecular weight excluding hydrogens is 218 g/mol. The molecule has 0 amide bonds. The predicted octanol–water partition coefficient (Wildman–Crippen LogP) is 4.47. The Morgan fingerprint density at radius 2 is 1.72 bits per heavy atom. The van der Waals surface area contributed by atoms with Gasteiger partial charge in [-0.15, -0.1) is 0 Å². The van der Waals surface area contributed by atoms with Crippen LogP contribution in [0.2, 0.25) is 0 Å². The van der Waals surface area contributed by atoms with Gasteiger partial charge in [0.2, 0.25) is 0 Å². The number of rotatable bonds is 5. The highest BCUT2D eigenvalue weighted by Gasteiger charge is 2.18. The lowest BCUT2D eigenvalue weighted by atomic mass is 9.93. The van der Waals surface area contributed by atoms with E-state index in [2.05, 4.69) is 38.1 Å². The minimum absolute atomic E-state index is 0.237. The van der Waals surface area contributed by atoms with E-state index in [-0.39, 0.29) is 6.04 Å². The number of nitrogens with two attached hydrogens (primary N) is 1. The van der Waals surface area contributed by atoms with Gasteiger partial charge in [0, 0.05) is 6.04 Å². The third-order valence-electron chi connectivity index (χ3n) is 4.11. The lowest BCUT2D eigenvalue weighted by Crippen LogP contribution is -2.14. The Bertz CT molecular complexity index is 346. The molecule has 0 aromatic heterocycles. The van der Waals surface area contributed by atoms with E-state index in [0.29, 0.717) is 0 Å². The van der Waals surface area contributed by atoms with Crippen LogP contribution < -0.4 is 5.73 Å². The first-order valence-electron chi connectivity index (χ1n) is 7.49. The van der Waals surface area contributed by atoms with Gasteiger partial charge in [-0.3, -0.25) is 0 Å². The summed E-state index contributed by atoms with van der Waals surface area (Å²) in [4.78, 5) is 0. The molecule has 100 valence electrons. The molecule has 1 aromatic rings. The zero-order chi connectivity index (χ0) is 13.0. The molecule has 0 spiro atoms. The van der Waals surface area contributed by atoms with Crippen molar-refractivity contribution in [3.8, 4) is 0 Å². The second-order valence-corrected chi connectivity index (χ2v) is 6.33. The maximum absolute atomic E-state index is 6.33. The van der Waals surface area contributed by atoms with Gasteiger partial charge < -0.3 is 5.73 Å². The summed E-state index contributed by atoms with van der Waals surface area (Å²) in [6.45, 7) is 4.53. The molecule has 0 aliphatic heterocycles. The van der Waals surface area contributed by atoms with E-state index < -0.39 is 0 Å². The fraction of sp³-hybridized carbons (Fsp3) is 0.647. The Kier molecular flexibility index (Phi) is 4.82. The standard InChI is InChI=1S/C17H27N/c1-13(2)11-15-7-9-16(10-8-15)17(18)12-14-5-3-4-6-14/h7-10,13-14,17H,3-6,11-12,18H2,1-2H3. The first-order valence-corrected chi connectivity index (χ1v) is 7.49. The van der Waals surface area contributed by atoms with Gasteiger partial charge in [0.15, 0.2) is 0 Å². The zero-order valence-corrected chi connectivity index (χ0v) is 11.9. The predicted molar refractivity (Wildman–Crippen MR) is 78.5 cm³/mol. The van der Waals surface area contributed by atoms with Crippen LogP contribution in [-0.4, -0.2) is 0 Å². The summed E-state index contributed by atoms with van der Waals surface area (Å²) in [7, 11) is 0. The van der Waals surface area contributed by atoms with E-state index in [1.165, 1.54) is 43.2 Å². The lowest BCUT2D eigenvalue weighted by Gasteiger charge is -2.17. The van der Waals surface area contributed by atoms with Gasteiger partial charge in [0.05, 0.1) is 0 Å². The van der Waals surface area contributed by atoms with Crippen LogP contribution in [0.25, 0.3) is 0 Å². The average Bonchev–Trinajstić information content (AvgIpc) is 2.82. The van der Waals surface area contributed by atoms with E-state index in [0.717, 1.165) is 18.3 Å². The third kappa shape index (κ3) is 3.84. The SMILES string of the molecule is CC(C)Cc1ccc(C(N)CC2CCCC2)cc1. The fourth-order valence-corrected chi connectivity index (χ4v) is 3.11. The molecule has 1 saturated carbocycles. The Hall–Kier alpha value is -0.820. The maximum Gasteiger partial charge on any atom is 0.0297 e. The molecule has 1 nitrogen and oxygen atoms in total. The van der Waals surface area contributed by atoms with Gasteiger partial charge >= 0.3 is 0 Å². The van der Waals surface area contributed by atoms with Crippen molar-refractivity contribution < 1.29 is 0 Å². The molecule has 1 heteroatoms. The Labute approximate surface area is 112 Å². The number of hydrogen-bond acceptors (Lipinski definition) is 1. The zero-order valence-electron chi connectivity index (χ0n) is 11.9. The highest BCUT2D eigenvalue weighted by atomic mass is 14.6. The van der Waals surface area contributed by atoms with Crippen molar-refractivity contribution in [1.29, 1.82) is 0 Å². The number of benzene rings is 1. The molecule has 1 fully saturated rings. The third-order valence-corrected chi connectivity index (χ3v) is 4.11. The normalized spacial score (nSPS) is 18.4. The van der Waals surface area contributed by atoms with Crippen molar-refractivity contribution in [2.75, 3.05) is 0 Å². The Balaban J connectivity index is 1.91. The van der Waals surface area contributed by atoms with Crippen molar-refractivity contribution >= 4 is 0 Å². The molecule has 18 heavy (non-hydrogen) atoms. The molecular formula is C17H27N. The summed E-state index contributed by atoms with van der Waals surface area (Å²) in [6.07, 6.45) is 7.93. The van der Waals surface area contributed by atoms with Crippen LogP contribution in [0.1, 0.15) is 63.1 Å². The summed E-state index contributed by atoms with van der Waals surface area (Å²) in [5, 5.41) is 0. The Morgan fingerprint density at radius 1 is 1.11 bits per heavy atom. The van der Waals surface area contributed by atoms with Gasteiger partial charge in [-0.05, 0) is 35.8 Å². The first kappa shape index (κ1) is 13.6. The van der Waals surface area contributed by atoms with Gasteiger partial charge in [-0.1, -0.05) is 63.8 Å². The van der Waals surface area contributed by atoms with E-state index >= 15 is 0 Å². The van der Waals surface area contributed by atoms with Crippen molar-refractivity contribution in [2.45, 2.75) is 58.4 Å². The highest BCUT2D eigenvalue weighted by Crippen LogP contribution is 2.32. The van der Waals surface area contributed by atoms with E-state index in [1.807, 2.05) is 0 Å². The molecule has 1 atom stereocenters. The van der Waals surface area contributed by atoms with Crippen LogP contribution in [0, 0.1) is 11.8 Å². The summed E-state index contributed by atoms with van der Waals surface area (Å²) in [5.41, 5.74) is 9.07. The summed E-state index contributed by atoms with van der Waals surface area (Å²) in [6, 6.07) is 9.21. The smallest absolute Gasteiger partial charge is 0.0297 e.